The van der Waals surface area contributed by atoms with Crippen LogP contribution in [0.2, 0.25) is 0 Å². The van der Waals surface area contributed by atoms with Crippen LogP contribution in [0.25, 0.3) is 0 Å². The van der Waals surface area contributed by atoms with Crippen LogP contribution in [0.5, 0.6) is 0 Å². The van der Waals surface area contributed by atoms with Crippen LogP contribution in [0.1, 0.15) is 16.8 Å². The molecule has 2 N–H and O–H groups in total. The van der Waals surface area contributed by atoms with Gasteiger partial charge in [0.15, 0.2) is 5.82 Å². The Labute approximate surface area is 118 Å². The molecule has 0 unspecified atom stereocenters. The van der Waals surface area contributed by atoms with E-state index in [1.54, 1.807) is 12.4 Å². The molecule has 19 heavy (non-hydrogen) atoms. The minimum absolute atomic E-state index is 0.263. The summed E-state index contributed by atoms with van der Waals surface area (Å²) in [5.41, 5.74) is 8.68. The van der Waals surface area contributed by atoms with Crippen LogP contribution in [0.4, 0.5) is 5.82 Å². The van der Waals surface area contributed by atoms with Crippen molar-refractivity contribution < 1.29 is 0 Å². The zero-order valence-electron chi connectivity index (χ0n) is 11.0. The maximum absolute atomic E-state index is 5.67. The Kier molecular flexibility index (Phi) is 4.06. The number of nitrogens with zero attached hydrogens (tertiary/aromatic N) is 3. The largest absolute Gasteiger partial charge is 0.388 e. The lowest BCUT2D eigenvalue weighted by Crippen LogP contribution is -2.23. The Morgan fingerprint density at radius 2 is 1.84 bits per heavy atom. The monoisotopic (exact) mass is 272 g/mol. The number of rotatable bonds is 4. The summed E-state index contributed by atoms with van der Waals surface area (Å²) in [6.07, 6.45) is 3.24. The summed E-state index contributed by atoms with van der Waals surface area (Å²) >= 11 is 5.00. The van der Waals surface area contributed by atoms with Crippen molar-refractivity contribution in [3.05, 3.63) is 53.5 Å². The molecule has 0 atom stereocenters. The third-order valence-corrected chi connectivity index (χ3v) is 3.01. The Hall–Kier alpha value is -2.01. The Morgan fingerprint density at radius 3 is 2.47 bits per heavy atom. The molecule has 0 aliphatic carbocycles. The van der Waals surface area contributed by atoms with Crippen molar-refractivity contribution in [1.82, 2.24) is 9.97 Å². The molecule has 0 radical (unpaired) electrons. The van der Waals surface area contributed by atoms with Crippen LogP contribution >= 0.6 is 12.2 Å². The predicted octanol–water partition coefficient (Wildman–Crippen LogP) is 2.06. The summed E-state index contributed by atoms with van der Waals surface area (Å²) in [4.78, 5) is 10.7. The minimum atomic E-state index is 0.263. The molecule has 0 spiro atoms. The van der Waals surface area contributed by atoms with Gasteiger partial charge in [0.2, 0.25) is 0 Å². The van der Waals surface area contributed by atoms with Gasteiger partial charge in [-0.1, -0.05) is 42.0 Å². The van der Waals surface area contributed by atoms with E-state index in [0.717, 1.165) is 6.54 Å². The number of aromatic nitrogens is 2. The molecule has 98 valence electrons. The Bertz CT molecular complexity index is 580. The summed E-state index contributed by atoms with van der Waals surface area (Å²) in [7, 11) is 1.95. The summed E-state index contributed by atoms with van der Waals surface area (Å²) in [6, 6.07) is 8.38. The fourth-order valence-corrected chi connectivity index (χ4v) is 1.97. The number of anilines is 1. The maximum Gasteiger partial charge on any atom is 0.157 e. The van der Waals surface area contributed by atoms with Gasteiger partial charge in [0, 0.05) is 26.0 Å². The van der Waals surface area contributed by atoms with E-state index in [2.05, 4.69) is 41.2 Å². The number of hydrogen-bond acceptors (Lipinski definition) is 4. The van der Waals surface area contributed by atoms with Gasteiger partial charge in [-0.15, -0.1) is 0 Å². The van der Waals surface area contributed by atoms with Gasteiger partial charge in [0.05, 0.1) is 0 Å². The average Bonchev–Trinajstić information content (AvgIpc) is 2.41. The van der Waals surface area contributed by atoms with Crippen LogP contribution in [0, 0.1) is 6.92 Å². The molecule has 0 aliphatic heterocycles. The normalized spacial score (nSPS) is 10.2. The van der Waals surface area contributed by atoms with Crippen molar-refractivity contribution in [2.45, 2.75) is 13.5 Å². The first-order chi connectivity index (χ1) is 9.08. The van der Waals surface area contributed by atoms with Crippen molar-refractivity contribution in [3.8, 4) is 0 Å². The molecule has 0 bridgehead atoms. The van der Waals surface area contributed by atoms with Gasteiger partial charge in [0.25, 0.3) is 0 Å². The standard InChI is InChI=1S/C14H16N4S/c1-10-3-5-11(6-4-10)9-18(2)14-12(13(15)19)16-7-8-17-14/h3-8H,9H2,1-2H3,(H2,15,19). The second kappa shape index (κ2) is 5.75. The summed E-state index contributed by atoms with van der Waals surface area (Å²) in [5, 5.41) is 0. The molecule has 4 nitrogen and oxygen atoms in total. The third-order valence-electron chi connectivity index (χ3n) is 2.81. The van der Waals surface area contributed by atoms with Crippen molar-refractivity contribution in [2.75, 3.05) is 11.9 Å². The second-order valence-electron chi connectivity index (χ2n) is 4.43. The van der Waals surface area contributed by atoms with Gasteiger partial charge in [-0.2, -0.15) is 0 Å². The number of nitrogens with two attached hydrogens (primary N) is 1. The zero-order chi connectivity index (χ0) is 13.8. The molecule has 0 aliphatic rings. The lowest BCUT2D eigenvalue weighted by Gasteiger charge is -2.20. The van der Waals surface area contributed by atoms with E-state index in [1.165, 1.54) is 11.1 Å². The summed E-state index contributed by atoms with van der Waals surface area (Å²) < 4.78 is 0. The van der Waals surface area contributed by atoms with Crippen molar-refractivity contribution in [2.24, 2.45) is 5.73 Å². The highest BCUT2D eigenvalue weighted by molar-refractivity contribution is 7.80. The number of thiocarbonyl (C=S) groups is 1. The van der Waals surface area contributed by atoms with Gasteiger partial charge in [0.1, 0.15) is 10.7 Å². The van der Waals surface area contributed by atoms with Crippen molar-refractivity contribution >= 4 is 23.0 Å². The van der Waals surface area contributed by atoms with E-state index >= 15 is 0 Å². The number of aryl methyl sites for hydroxylation is 1. The predicted molar refractivity (Wildman–Crippen MR) is 81.2 cm³/mol. The molecule has 0 fully saturated rings. The summed E-state index contributed by atoms with van der Waals surface area (Å²) in [6.45, 7) is 2.80. The fraction of sp³-hybridized carbons (Fsp3) is 0.214. The molecule has 2 rings (SSSR count). The number of benzene rings is 1. The van der Waals surface area contributed by atoms with E-state index in [9.17, 15) is 0 Å². The minimum Gasteiger partial charge on any atom is -0.388 e. The molecular weight excluding hydrogens is 256 g/mol. The first-order valence-electron chi connectivity index (χ1n) is 5.95. The van der Waals surface area contributed by atoms with Crippen LogP contribution in [-0.4, -0.2) is 22.0 Å². The zero-order valence-corrected chi connectivity index (χ0v) is 11.8. The second-order valence-corrected chi connectivity index (χ2v) is 4.87. The SMILES string of the molecule is Cc1ccc(CN(C)c2nccnc2C(N)=S)cc1. The molecule has 1 aromatic heterocycles. The van der Waals surface area contributed by atoms with Crippen molar-refractivity contribution in [3.63, 3.8) is 0 Å². The van der Waals surface area contributed by atoms with E-state index in [-0.39, 0.29) is 4.99 Å². The molecule has 0 saturated carbocycles. The van der Waals surface area contributed by atoms with Crippen LogP contribution < -0.4 is 10.6 Å². The van der Waals surface area contributed by atoms with Gasteiger partial charge in [-0.25, -0.2) is 9.97 Å². The molecule has 5 heteroatoms. The molecular formula is C14H16N4S. The molecule has 2 aromatic rings. The van der Waals surface area contributed by atoms with Gasteiger partial charge < -0.3 is 10.6 Å². The van der Waals surface area contributed by atoms with Gasteiger partial charge in [-0.05, 0) is 12.5 Å². The molecule has 0 amide bonds. The number of hydrogen-bond donors (Lipinski definition) is 1. The third kappa shape index (κ3) is 3.26. The van der Waals surface area contributed by atoms with Crippen LogP contribution in [-0.2, 0) is 6.54 Å². The topological polar surface area (TPSA) is 55.0 Å². The van der Waals surface area contributed by atoms with Gasteiger partial charge >= 0.3 is 0 Å². The maximum atomic E-state index is 5.67. The lowest BCUT2D eigenvalue weighted by molar-refractivity contribution is 0.886. The van der Waals surface area contributed by atoms with Crippen LogP contribution in [0.3, 0.4) is 0 Å². The van der Waals surface area contributed by atoms with E-state index < -0.39 is 0 Å². The van der Waals surface area contributed by atoms with Crippen molar-refractivity contribution in [1.29, 1.82) is 0 Å². The Balaban J connectivity index is 2.22. The van der Waals surface area contributed by atoms with E-state index in [0.29, 0.717) is 11.5 Å². The van der Waals surface area contributed by atoms with Gasteiger partial charge in [-0.3, -0.25) is 0 Å². The lowest BCUT2D eigenvalue weighted by atomic mass is 10.1. The van der Waals surface area contributed by atoms with E-state index in [4.69, 9.17) is 18.0 Å². The molecule has 1 aromatic carbocycles. The average molecular weight is 272 g/mol. The molecule has 0 saturated heterocycles. The smallest absolute Gasteiger partial charge is 0.157 e. The highest BCUT2D eigenvalue weighted by Gasteiger charge is 2.12. The highest BCUT2D eigenvalue weighted by Crippen LogP contribution is 2.16. The fourth-order valence-electron chi connectivity index (χ4n) is 1.83. The quantitative estimate of drug-likeness (QED) is 0.863. The molecule has 1 heterocycles. The first-order valence-corrected chi connectivity index (χ1v) is 6.36. The van der Waals surface area contributed by atoms with Crippen LogP contribution in [0.15, 0.2) is 36.7 Å². The van der Waals surface area contributed by atoms with E-state index in [1.807, 2.05) is 11.9 Å². The summed E-state index contributed by atoms with van der Waals surface area (Å²) in [5.74, 6) is 0.704. The highest BCUT2D eigenvalue weighted by atomic mass is 32.1. The Morgan fingerprint density at radius 1 is 1.21 bits per heavy atom. The first kappa shape index (κ1) is 13.4.